The van der Waals surface area contributed by atoms with Gasteiger partial charge in [-0.1, -0.05) is 84.4 Å². The number of hydrazine groups is 1. The predicted octanol–water partition coefficient (Wildman–Crippen LogP) is 15.9. The van der Waals surface area contributed by atoms with Crippen LogP contribution in [-0.2, 0) is 49.0 Å². The quantitative estimate of drug-likeness (QED) is 0.0471. The van der Waals surface area contributed by atoms with E-state index in [4.69, 9.17) is 24.9 Å². The fourth-order valence-electron chi connectivity index (χ4n) is 16.0. The van der Waals surface area contributed by atoms with Crippen molar-refractivity contribution in [1.82, 2.24) is 50.6 Å². The van der Waals surface area contributed by atoms with Gasteiger partial charge in [-0.05, 0) is 153 Å². The van der Waals surface area contributed by atoms with E-state index >= 15 is 0 Å². The highest BCUT2D eigenvalue weighted by atomic mass is 35.5. The fourth-order valence-corrected chi connectivity index (χ4v) is 16.2. The number of hydrogen-bond acceptors (Lipinski definition) is 22. The number of nitrogens with zero attached hydrogens (tertiary/aromatic N) is 14. The van der Waals surface area contributed by atoms with Crippen molar-refractivity contribution in [2.24, 2.45) is 0 Å². The maximum Gasteiger partial charge on any atom is 0.437 e. The minimum absolute atomic E-state index is 0.0234. The van der Waals surface area contributed by atoms with Crippen LogP contribution >= 0.6 is 11.6 Å². The first kappa shape index (κ1) is 91.7. The first-order valence-electron chi connectivity index (χ1n) is 41.8. The van der Waals surface area contributed by atoms with Gasteiger partial charge < -0.3 is 52.9 Å². The summed E-state index contributed by atoms with van der Waals surface area (Å²) in [6, 6.07) is 31.7. The van der Waals surface area contributed by atoms with E-state index in [9.17, 15) is 85.8 Å². The molecular formula is C89H88ClF13N16O9. The molecule has 128 heavy (non-hydrogen) atoms. The van der Waals surface area contributed by atoms with Gasteiger partial charge >= 0.3 is 18.5 Å². The highest BCUT2D eigenvalue weighted by molar-refractivity contribution is 6.33. The molecule has 6 fully saturated rings. The van der Waals surface area contributed by atoms with Gasteiger partial charge in [-0.3, -0.25) is 34.2 Å². The Morgan fingerprint density at radius 3 is 1.20 bits per heavy atom. The molecule has 16 rings (SSSR count). The van der Waals surface area contributed by atoms with E-state index in [0.717, 1.165) is 50.7 Å². The maximum absolute atomic E-state index is 14.2. The standard InChI is InChI=1S/C34H32F5N5O3.C28H28F5N5O3.C27H28ClF3N6O3/c35-26-7-3-1-5-24(26)20-30(46)43-17-15-42(16-18-43)29-10-9-22(21-40-29)19-28(45)31-32(34(37,38)39)41-33(47-31)44-13-11-23(12-14-44)25-6-2-4-8-27(25)36;29-19-5-4-6-20(30)23(19)26(40)35-18-9-13-37(14-10-18)22-8-7-17(16-34-22)15-21(39)24-25(28(31,32)33)36-27(41-24)38-11-2-1-3-12-38;28-20-7-3-2-6-19(20)25(39)34-37-14-12-35(13-15-37)22-9-8-18(17-32-22)16-21(38)23-24(27(29,30)31)33-26(40-23)36-10-4-1-5-11-36/h1-10,21,23H,11-20H2;4-8,16,18H,1-3,9-15H2,(H,35,40);2-3,6-9,17H,1,4-5,10-16H2,(H,34,39). The van der Waals surface area contributed by atoms with Gasteiger partial charge in [0.2, 0.25) is 40.5 Å². The van der Waals surface area contributed by atoms with Crippen molar-refractivity contribution >= 4 is 82.2 Å². The zero-order valence-electron chi connectivity index (χ0n) is 69.0. The molecule has 6 aromatic heterocycles. The normalized spacial score (nSPS) is 16.4. The molecule has 0 atom stereocenters. The lowest BCUT2D eigenvalue weighted by atomic mass is 9.89. The second-order valence-electron chi connectivity index (χ2n) is 31.6. The molecule has 4 aromatic carbocycles. The molecule has 676 valence electrons. The number of benzene rings is 4. The SMILES string of the molecule is O=C(Cc1ccc(N2CCC(NC(=O)c3c(F)cccc3F)CC2)nc1)c1oc(N2CCCCC2)nc1C(F)(F)F.O=C(Cc1ccc(N2CCN(C(=O)Cc3ccccc3F)CC2)nc1)c1oc(N2CCC(c3ccccc3F)CC2)nc1C(F)(F)F.O=C(NN1CCN(c2ccc(CC(=O)c3oc(N4CCCCC4)nc3C(F)(F)F)cn2)CC1)c1ccccc1Cl. The third-order valence-corrected chi connectivity index (χ3v) is 23.2. The minimum atomic E-state index is -4.90. The van der Waals surface area contributed by atoms with Crippen molar-refractivity contribution in [3.63, 3.8) is 0 Å². The van der Waals surface area contributed by atoms with Crippen LogP contribution in [-0.4, -0.2) is 186 Å². The number of oxazole rings is 3. The number of halogens is 14. The van der Waals surface area contributed by atoms with Gasteiger partial charge in [0.25, 0.3) is 29.9 Å². The minimum Gasteiger partial charge on any atom is -0.420 e. The van der Waals surface area contributed by atoms with E-state index in [-0.39, 0.29) is 73.3 Å². The molecule has 6 aliphatic rings. The smallest absolute Gasteiger partial charge is 0.420 e. The molecule has 10 aromatic rings. The Labute approximate surface area is 730 Å². The first-order valence-corrected chi connectivity index (χ1v) is 42.2. The van der Waals surface area contributed by atoms with Crippen LogP contribution in [0.25, 0.3) is 0 Å². The lowest BCUT2D eigenvalue weighted by molar-refractivity contribution is -0.142. The van der Waals surface area contributed by atoms with Crippen molar-refractivity contribution in [1.29, 1.82) is 0 Å². The van der Waals surface area contributed by atoms with Crippen molar-refractivity contribution < 1.29 is 99.1 Å². The molecule has 6 saturated heterocycles. The Balaban J connectivity index is 0.000000156. The average molecular weight is 1810 g/mol. The number of carbonyl (C=O) groups is 6. The number of ketones is 3. The number of aromatic nitrogens is 6. The number of rotatable bonds is 22. The molecule has 12 heterocycles. The third kappa shape index (κ3) is 22.9. The number of piperazine rings is 2. The van der Waals surface area contributed by atoms with E-state index in [1.807, 2.05) is 19.7 Å². The highest BCUT2D eigenvalue weighted by Gasteiger charge is 2.46. The van der Waals surface area contributed by atoms with Crippen LogP contribution < -0.4 is 40.1 Å². The summed E-state index contributed by atoms with van der Waals surface area (Å²) in [6.07, 6.45) is -3.99. The highest BCUT2D eigenvalue weighted by Crippen LogP contribution is 2.41. The van der Waals surface area contributed by atoms with Crippen molar-refractivity contribution in [2.75, 3.05) is 134 Å². The van der Waals surface area contributed by atoms with Crippen LogP contribution in [0.5, 0.6) is 0 Å². The molecule has 39 heteroatoms. The van der Waals surface area contributed by atoms with E-state index in [1.165, 1.54) is 36.8 Å². The van der Waals surface area contributed by atoms with Crippen LogP contribution in [0.15, 0.2) is 159 Å². The summed E-state index contributed by atoms with van der Waals surface area (Å²) >= 11 is 6.10. The number of carbonyl (C=O) groups excluding carboxylic acids is 6. The largest absolute Gasteiger partial charge is 0.437 e. The number of Topliss-reactive ketones (excluding diaryl/α,β-unsaturated/α-hetero) is 3. The third-order valence-electron chi connectivity index (χ3n) is 22.9. The van der Waals surface area contributed by atoms with Crippen LogP contribution in [0.4, 0.5) is 92.6 Å². The Hall–Kier alpha value is -12.5. The van der Waals surface area contributed by atoms with Gasteiger partial charge in [-0.2, -0.15) is 54.5 Å². The van der Waals surface area contributed by atoms with Crippen LogP contribution in [0.3, 0.4) is 0 Å². The van der Waals surface area contributed by atoms with Crippen LogP contribution in [0, 0.1) is 23.3 Å². The van der Waals surface area contributed by atoms with E-state index in [1.54, 1.807) is 117 Å². The summed E-state index contributed by atoms with van der Waals surface area (Å²) < 4.78 is 196. The Bertz CT molecular complexity index is 5520. The predicted molar refractivity (Wildman–Crippen MR) is 445 cm³/mol. The number of amides is 3. The summed E-state index contributed by atoms with van der Waals surface area (Å²) in [7, 11) is 0. The summed E-state index contributed by atoms with van der Waals surface area (Å²) in [5.74, 6) is -7.05. The van der Waals surface area contributed by atoms with E-state index in [0.29, 0.717) is 186 Å². The molecule has 0 radical (unpaired) electrons. The summed E-state index contributed by atoms with van der Waals surface area (Å²) in [5, 5.41) is 4.86. The second kappa shape index (κ2) is 40.7. The molecule has 0 aliphatic carbocycles. The topological polar surface area (TPSA) is 269 Å². The summed E-state index contributed by atoms with van der Waals surface area (Å²) in [4.78, 5) is 113. The van der Waals surface area contributed by atoms with Crippen molar-refractivity contribution in [2.45, 2.75) is 120 Å². The Kier molecular flexibility index (Phi) is 29.1. The van der Waals surface area contributed by atoms with Gasteiger partial charge in [0.05, 0.1) is 17.0 Å². The molecule has 6 aliphatic heterocycles. The number of pyridine rings is 3. The number of piperidine rings is 4. The number of hydrogen-bond donors (Lipinski definition) is 2. The monoisotopic (exact) mass is 1810 g/mol. The van der Waals surface area contributed by atoms with Crippen LogP contribution in [0.2, 0.25) is 5.02 Å². The zero-order chi connectivity index (χ0) is 90.6. The van der Waals surface area contributed by atoms with Crippen molar-refractivity contribution in [3.8, 4) is 0 Å². The summed E-state index contributed by atoms with van der Waals surface area (Å²) in [6.45, 7) is 7.79. The molecule has 0 saturated carbocycles. The van der Waals surface area contributed by atoms with E-state index < -0.39 is 99.2 Å². The Morgan fingerprint density at radius 1 is 0.391 bits per heavy atom. The molecule has 0 spiro atoms. The lowest BCUT2D eigenvalue weighted by Crippen LogP contribution is -2.53. The lowest BCUT2D eigenvalue weighted by Gasteiger charge is -2.35. The number of alkyl halides is 9. The van der Waals surface area contributed by atoms with Gasteiger partial charge in [-0.25, -0.2) is 37.5 Å². The van der Waals surface area contributed by atoms with Gasteiger partial charge in [0.1, 0.15) is 46.3 Å². The van der Waals surface area contributed by atoms with E-state index in [2.05, 4.69) is 40.6 Å². The summed E-state index contributed by atoms with van der Waals surface area (Å²) in [5.41, 5.74) is 0.847. The molecule has 25 nitrogen and oxygen atoms in total. The van der Waals surface area contributed by atoms with Gasteiger partial charge in [0, 0.05) is 149 Å². The molecule has 2 N–H and O–H groups in total. The maximum atomic E-state index is 14.2. The molecule has 0 unspecified atom stereocenters. The average Bonchev–Trinajstić information content (AvgIpc) is 1.65. The number of anilines is 6. The molecule has 0 bridgehead atoms. The van der Waals surface area contributed by atoms with Gasteiger partial charge in [0.15, 0.2) is 17.1 Å². The second-order valence-corrected chi connectivity index (χ2v) is 32.0. The number of nitrogens with one attached hydrogen (secondary N) is 2. The zero-order valence-corrected chi connectivity index (χ0v) is 69.7. The fraction of sp³-hybridized carbons (Fsp3) is 0.393. The molecule has 3 amide bonds. The Morgan fingerprint density at radius 2 is 0.781 bits per heavy atom. The van der Waals surface area contributed by atoms with Crippen molar-refractivity contribution in [3.05, 3.63) is 248 Å². The van der Waals surface area contributed by atoms with Gasteiger partial charge in [-0.15, -0.1) is 0 Å². The molecular weight excluding hydrogens is 1720 g/mol. The van der Waals surface area contributed by atoms with Crippen LogP contribution in [0.1, 0.15) is 167 Å². The first-order chi connectivity index (χ1) is 61.3.